The standard InChI is InChI=1S/C20H14ClN3O2S/c1-11-2-3-12(6-15(11)21)14-8-22-20-23-16(9-24(20)19(14)27)13-4-5-17-18(7-13)26-10-25-17/h2-9H,10H2,1H3,(H,22,23). The molecule has 0 atom stereocenters. The molecule has 4 aromatic rings. The predicted octanol–water partition coefficient (Wildman–Crippen LogP) is 5.42. The SMILES string of the molecule is Cc1ccc(-c2cnc3[nH]c(-c4ccc5c(c4)OCO5)cn3c2=S)cc1Cl. The molecule has 0 bridgehead atoms. The quantitative estimate of drug-likeness (QED) is 0.460. The van der Waals surface area contributed by atoms with Crippen molar-refractivity contribution in [2.75, 3.05) is 6.79 Å². The number of imidazole rings is 1. The lowest BCUT2D eigenvalue weighted by Crippen LogP contribution is -1.93. The second-order valence-electron chi connectivity index (χ2n) is 6.37. The summed E-state index contributed by atoms with van der Waals surface area (Å²) in [6, 6.07) is 11.7. The zero-order valence-corrected chi connectivity index (χ0v) is 15.9. The molecule has 7 heteroatoms. The largest absolute Gasteiger partial charge is 0.454 e. The number of aromatic amines is 1. The molecule has 1 aliphatic heterocycles. The van der Waals surface area contributed by atoms with Gasteiger partial charge in [-0.3, -0.25) is 4.40 Å². The van der Waals surface area contributed by atoms with Gasteiger partial charge in [0.25, 0.3) is 0 Å². The smallest absolute Gasteiger partial charge is 0.231 e. The van der Waals surface area contributed by atoms with E-state index >= 15 is 0 Å². The minimum Gasteiger partial charge on any atom is -0.454 e. The second-order valence-corrected chi connectivity index (χ2v) is 7.16. The number of fused-ring (bicyclic) bond motifs is 2. The number of rotatable bonds is 2. The number of hydrogen-bond donors (Lipinski definition) is 1. The monoisotopic (exact) mass is 395 g/mol. The number of nitrogens with one attached hydrogen (secondary N) is 1. The molecule has 0 aliphatic carbocycles. The zero-order valence-electron chi connectivity index (χ0n) is 14.3. The van der Waals surface area contributed by atoms with Crippen molar-refractivity contribution >= 4 is 29.6 Å². The maximum absolute atomic E-state index is 6.28. The van der Waals surface area contributed by atoms with Crippen LogP contribution in [0.5, 0.6) is 11.5 Å². The molecule has 3 heterocycles. The number of aryl methyl sites for hydroxylation is 1. The summed E-state index contributed by atoms with van der Waals surface area (Å²) in [5.41, 5.74) is 4.70. The van der Waals surface area contributed by atoms with Crippen LogP contribution >= 0.6 is 23.8 Å². The normalized spacial score (nSPS) is 12.7. The lowest BCUT2D eigenvalue weighted by molar-refractivity contribution is 0.174. The Bertz CT molecular complexity index is 1260. The van der Waals surface area contributed by atoms with Crippen LogP contribution in [0.25, 0.3) is 28.2 Å². The van der Waals surface area contributed by atoms with Gasteiger partial charge < -0.3 is 14.5 Å². The molecule has 0 unspecified atom stereocenters. The van der Waals surface area contributed by atoms with Crippen molar-refractivity contribution in [1.82, 2.24) is 14.4 Å². The number of halogens is 1. The first-order chi connectivity index (χ1) is 13.1. The molecule has 0 saturated heterocycles. The summed E-state index contributed by atoms with van der Waals surface area (Å²) in [5, 5.41) is 0.710. The van der Waals surface area contributed by atoms with Gasteiger partial charge >= 0.3 is 0 Å². The maximum atomic E-state index is 6.28. The van der Waals surface area contributed by atoms with Crippen LogP contribution in [0.15, 0.2) is 48.8 Å². The average molecular weight is 396 g/mol. The van der Waals surface area contributed by atoms with E-state index in [4.69, 9.17) is 33.3 Å². The van der Waals surface area contributed by atoms with Gasteiger partial charge in [0.1, 0.15) is 4.64 Å². The third-order valence-corrected chi connectivity index (χ3v) is 5.49. The Kier molecular flexibility index (Phi) is 3.70. The Labute approximate surface area is 165 Å². The minimum absolute atomic E-state index is 0.251. The van der Waals surface area contributed by atoms with Crippen LogP contribution in [0.3, 0.4) is 0 Å². The van der Waals surface area contributed by atoms with Crippen LogP contribution in [0.4, 0.5) is 0 Å². The van der Waals surface area contributed by atoms with Crippen molar-refractivity contribution in [2.45, 2.75) is 6.92 Å². The van der Waals surface area contributed by atoms with E-state index in [1.807, 2.05) is 53.9 Å². The Morgan fingerprint density at radius 1 is 1.11 bits per heavy atom. The Balaban J connectivity index is 1.63. The molecule has 1 N–H and O–H groups in total. The van der Waals surface area contributed by atoms with Crippen LogP contribution in [0.2, 0.25) is 5.02 Å². The van der Waals surface area contributed by atoms with Crippen LogP contribution < -0.4 is 9.47 Å². The number of benzene rings is 2. The molecule has 0 spiro atoms. The minimum atomic E-state index is 0.251. The molecule has 0 radical (unpaired) electrons. The van der Waals surface area contributed by atoms with Gasteiger partial charge in [0.2, 0.25) is 12.6 Å². The first-order valence-electron chi connectivity index (χ1n) is 8.37. The third kappa shape index (κ3) is 2.69. The second kappa shape index (κ2) is 6.11. The molecule has 134 valence electrons. The van der Waals surface area contributed by atoms with Crippen molar-refractivity contribution in [3.63, 3.8) is 0 Å². The number of H-pyrrole nitrogens is 1. The topological polar surface area (TPSA) is 51.5 Å². The first-order valence-corrected chi connectivity index (χ1v) is 9.16. The summed E-state index contributed by atoms with van der Waals surface area (Å²) in [6.07, 6.45) is 3.72. The molecule has 2 aromatic carbocycles. The molecule has 5 nitrogen and oxygen atoms in total. The number of hydrogen-bond acceptors (Lipinski definition) is 4. The van der Waals surface area contributed by atoms with Gasteiger partial charge in [-0.2, -0.15) is 0 Å². The van der Waals surface area contributed by atoms with Gasteiger partial charge in [0.05, 0.1) is 5.69 Å². The van der Waals surface area contributed by atoms with E-state index < -0.39 is 0 Å². The van der Waals surface area contributed by atoms with E-state index in [9.17, 15) is 0 Å². The highest BCUT2D eigenvalue weighted by atomic mass is 35.5. The highest BCUT2D eigenvalue weighted by Crippen LogP contribution is 2.36. The fourth-order valence-electron chi connectivity index (χ4n) is 3.13. The van der Waals surface area contributed by atoms with Crippen LogP contribution in [0, 0.1) is 11.6 Å². The number of aromatic nitrogens is 3. The fraction of sp³-hybridized carbons (Fsp3) is 0.100. The van der Waals surface area contributed by atoms with Gasteiger partial charge in [0, 0.05) is 28.5 Å². The molecule has 0 amide bonds. The van der Waals surface area contributed by atoms with E-state index in [0.717, 1.165) is 39.4 Å². The van der Waals surface area contributed by atoms with Crippen molar-refractivity contribution < 1.29 is 9.47 Å². The predicted molar refractivity (Wildman–Crippen MR) is 107 cm³/mol. The van der Waals surface area contributed by atoms with Gasteiger partial charge in [0.15, 0.2) is 11.5 Å². The molecular formula is C20H14ClN3O2S. The molecule has 0 saturated carbocycles. The van der Waals surface area contributed by atoms with Gasteiger partial charge in [-0.1, -0.05) is 36.0 Å². The summed E-state index contributed by atoms with van der Waals surface area (Å²) < 4.78 is 13.4. The van der Waals surface area contributed by atoms with Crippen LogP contribution in [-0.4, -0.2) is 21.2 Å². The maximum Gasteiger partial charge on any atom is 0.231 e. The number of ether oxygens (including phenoxy) is 2. The highest BCUT2D eigenvalue weighted by molar-refractivity contribution is 7.71. The molecule has 0 fully saturated rings. The van der Waals surface area contributed by atoms with E-state index in [1.54, 1.807) is 6.20 Å². The van der Waals surface area contributed by atoms with Crippen molar-refractivity contribution in [3.05, 3.63) is 64.0 Å². The Morgan fingerprint density at radius 2 is 1.93 bits per heavy atom. The molecular weight excluding hydrogens is 382 g/mol. The molecule has 1 aliphatic rings. The van der Waals surface area contributed by atoms with E-state index in [-0.39, 0.29) is 6.79 Å². The molecule has 2 aromatic heterocycles. The van der Waals surface area contributed by atoms with Gasteiger partial charge in [-0.25, -0.2) is 4.98 Å². The third-order valence-electron chi connectivity index (χ3n) is 4.66. The summed E-state index contributed by atoms with van der Waals surface area (Å²) in [6.45, 7) is 2.22. The van der Waals surface area contributed by atoms with E-state index in [1.165, 1.54) is 0 Å². The summed E-state index contributed by atoms with van der Waals surface area (Å²) in [4.78, 5) is 7.84. The summed E-state index contributed by atoms with van der Waals surface area (Å²) in [5.74, 6) is 2.16. The lowest BCUT2D eigenvalue weighted by Gasteiger charge is -2.05. The fourth-order valence-corrected chi connectivity index (χ4v) is 3.62. The Hall–Kier alpha value is -2.83. The van der Waals surface area contributed by atoms with E-state index in [0.29, 0.717) is 15.4 Å². The van der Waals surface area contributed by atoms with Gasteiger partial charge in [-0.15, -0.1) is 0 Å². The first kappa shape index (κ1) is 16.4. The average Bonchev–Trinajstić information content (AvgIpc) is 3.31. The summed E-state index contributed by atoms with van der Waals surface area (Å²) >= 11 is 12.0. The molecule has 27 heavy (non-hydrogen) atoms. The van der Waals surface area contributed by atoms with Crippen molar-refractivity contribution in [1.29, 1.82) is 0 Å². The van der Waals surface area contributed by atoms with Crippen molar-refractivity contribution in [2.24, 2.45) is 0 Å². The van der Waals surface area contributed by atoms with Gasteiger partial charge in [-0.05, 0) is 42.3 Å². The molecule has 5 rings (SSSR count). The van der Waals surface area contributed by atoms with Crippen molar-refractivity contribution in [3.8, 4) is 33.9 Å². The van der Waals surface area contributed by atoms with Crippen LogP contribution in [0.1, 0.15) is 5.56 Å². The van der Waals surface area contributed by atoms with E-state index in [2.05, 4.69) is 9.97 Å². The van der Waals surface area contributed by atoms with Crippen LogP contribution in [-0.2, 0) is 0 Å². The highest BCUT2D eigenvalue weighted by Gasteiger charge is 2.15. The Morgan fingerprint density at radius 3 is 2.78 bits per heavy atom. The summed E-state index contributed by atoms with van der Waals surface area (Å²) in [7, 11) is 0. The lowest BCUT2D eigenvalue weighted by atomic mass is 10.1. The number of nitrogens with zero attached hydrogens (tertiary/aromatic N) is 2. The zero-order chi connectivity index (χ0) is 18.5.